The molecular formula is C19H16ClFN6O. The van der Waals surface area contributed by atoms with Crippen molar-refractivity contribution in [1.29, 1.82) is 0 Å². The first-order valence-corrected chi connectivity index (χ1v) is 8.92. The van der Waals surface area contributed by atoms with Crippen LogP contribution in [0.5, 0.6) is 0 Å². The lowest BCUT2D eigenvalue weighted by Crippen LogP contribution is -2.17. The van der Waals surface area contributed by atoms with Crippen LogP contribution in [0.15, 0.2) is 59.4 Å². The number of aromatic nitrogens is 4. The number of nitrogens with one attached hydrogen (secondary N) is 3. The molecule has 0 fully saturated rings. The van der Waals surface area contributed by atoms with E-state index in [9.17, 15) is 9.18 Å². The molecule has 0 saturated heterocycles. The van der Waals surface area contributed by atoms with E-state index in [-0.39, 0.29) is 23.7 Å². The zero-order valence-corrected chi connectivity index (χ0v) is 15.4. The maximum Gasteiger partial charge on any atom is 0.274 e. The highest BCUT2D eigenvalue weighted by molar-refractivity contribution is 6.30. The largest absolute Gasteiger partial charge is 0.377 e. The summed E-state index contributed by atoms with van der Waals surface area (Å²) in [6, 6.07) is 15.1. The first-order valence-electron chi connectivity index (χ1n) is 8.54. The Balaban J connectivity index is 1.49. The van der Waals surface area contributed by atoms with Gasteiger partial charge in [0.05, 0.1) is 17.9 Å². The van der Waals surface area contributed by atoms with Crippen molar-refractivity contribution in [3.63, 3.8) is 0 Å². The van der Waals surface area contributed by atoms with E-state index in [4.69, 9.17) is 11.6 Å². The highest BCUT2D eigenvalue weighted by Gasteiger charge is 2.09. The van der Waals surface area contributed by atoms with Gasteiger partial charge in [-0.25, -0.2) is 9.37 Å². The van der Waals surface area contributed by atoms with Crippen molar-refractivity contribution in [1.82, 2.24) is 19.6 Å². The lowest BCUT2D eigenvalue weighted by molar-refractivity contribution is 0.630. The van der Waals surface area contributed by atoms with Gasteiger partial charge in [0, 0.05) is 17.6 Å². The molecule has 2 aromatic carbocycles. The minimum Gasteiger partial charge on any atom is -0.377 e. The van der Waals surface area contributed by atoms with Crippen molar-refractivity contribution in [2.24, 2.45) is 0 Å². The highest BCUT2D eigenvalue weighted by atomic mass is 35.5. The quantitative estimate of drug-likeness (QED) is 0.463. The van der Waals surface area contributed by atoms with Gasteiger partial charge in [0.15, 0.2) is 0 Å². The summed E-state index contributed by atoms with van der Waals surface area (Å²) in [4.78, 5) is 21.0. The third kappa shape index (κ3) is 3.96. The van der Waals surface area contributed by atoms with Gasteiger partial charge < -0.3 is 10.6 Å². The molecule has 3 N–H and O–H groups in total. The molecule has 4 rings (SSSR count). The van der Waals surface area contributed by atoms with Gasteiger partial charge in [0.2, 0.25) is 5.95 Å². The first-order chi connectivity index (χ1) is 13.6. The van der Waals surface area contributed by atoms with E-state index in [2.05, 4.69) is 25.7 Å². The lowest BCUT2D eigenvalue weighted by Gasteiger charge is -2.06. The molecule has 0 bridgehead atoms. The van der Waals surface area contributed by atoms with Crippen LogP contribution in [-0.2, 0) is 13.1 Å². The molecule has 0 saturated carbocycles. The standard InChI is InChI=1S/C19H16ClFN6O/c20-13-7-5-12(6-8-13)10-23-18-25-19-24-14(9-17(28)27(19)26-18)11-22-16-4-2-1-3-15(16)21/h1-9,22H,10-11H2,(H2,23,24,25,26). The molecule has 2 aromatic heterocycles. The van der Waals surface area contributed by atoms with Gasteiger partial charge in [-0.3, -0.25) is 9.89 Å². The Morgan fingerprint density at radius 3 is 2.61 bits per heavy atom. The number of aromatic amines is 1. The molecule has 0 aliphatic rings. The molecule has 9 heteroatoms. The summed E-state index contributed by atoms with van der Waals surface area (Å²) in [6.07, 6.45) is 0. The zero-order chi connectivity index (χ0) is 19.5. The number of fused-ring (bicyclic) bond motifs is 1. The van der Waals surface area contributed by atoms with Crippen molar-refractivity contribution in [3.8, 4) is 0 Å². The molecule has 7 nitrogen and oxygen atoms in total. The van der Waals surface area contributed by atoms with Gasteiger partial charge >= 0.3 is 0 Å². The third-order valence-electron chi connectivity index (χ3n) is 4.09. The molecule has 0 atom stereocenters. The minimum atomic E-state index is -0.367. The van der Waals surface area contributed by atoms with Crippen molar-refractivity contribution in [2.45, 2.75) is 13.1 Å². The smallest absolute Gasteiger partial charge is 0.274 e. The van der Waals surface area contributed by atoms with E-state index < -0.39 is 0 Å². The summed E-state index contributed by atoms with van der Waals surface area (Å²) in [5.41, 5.74) is 1.52. The molecular weight excluding hydrogens is 383 g/mol. The van der Waals surface area contributed by atoms with E-state index in [0.717, 1.165) is 5.56 Å². The average molecular weight is 399 g/mol. The SMILES string of the molecule is O=c1cc(CNc2ccccc2F)nc2nc(NCc3ccc(Cl)cc3)[nH]n12. The van der Waals surface area contributed by atoms with E-state index >= 15 is 0 Å². The number of hydrogen-bond donors (Lipinski definition) is 3. The Morgan fingerprint density at radius 2 is 1.82 bits per heavy atom. The second-order valence-electron chi connectivity index (χ2n) is 6.11. The number of anilines is 2. The number of rotatable bonds is 6. The number of H-pyrrole nitrogens is 1. The molecule has 28 heavy (non-hydrogen) atoms. The summed E-state index contributed by atoms with van der Waals surface area (Å²) in [5, 5.41) is 9.57. The Morgan fingerprint density at radius 1 is 1.04 bits per heavy atom. The molecule has 0 aliphatic heterocycles. The molecule has 0 radical (unpaired) electrons. The van der Waals surface area contributed by atoms with Crippen LogP contribution in [0.3, 0.4) is 0 Å². The molecule has 4 aromatic rings. The van der Waals surface area contributed by atoms with Crippen LogP contribution in [0.1, 0.15) is 11.3 Å². The Hall–Kier alpha value is -3.39. The Bertz CT molecular complexity index is 1170. The topological polar surface area (TPSA) is 87.1 Å². The number of halogens is 2. The maximum absolute atomic E-state index is 13.7. The molecule has 0 unspecified atom stereocenters. The zero-order valence-electron chi connectivity index (χ0n) is 14.6. The monoisotopic (exact) mass is 398 g/mol. The summed E-state index contributed by atoms with van der Waals surface area (Å²) in [7, 11) is 0. The van der Waals surface area contributed by atoms with Crippen LogP contribution >= 0.6 is 11.6 Å². The molecule has 0 amide bonds. The average Bonchev–Trinajstić information content (AvgIpc) is 3.11. The third-order valence-corrected chi connectivity index (χ3v) is 4.34. The van der Waals surface area contributed by atoms with Crippen molar-refractivity contribution >= 4 is 29.0 Å². The normalized spacial score (nSPS) is 10.9. The van der Waals surface area contributed by atoms with E-state index in [1.807, 2.05) is 12.1 Å². The van der Waals surface area contributed by atoms with Gasteiger partial charge in [0.25, 0.3) is 11.3 Å². The van der Waals surface area contributed by atoms with Gasteiger partial charge in [-0.05, 0) is 29.8 Å². The summed E-state index contributed by atoms with van der Waals surface area (Å²) < 4.78 is 14.9. The predicted molar refractivity (Wildman–Crippen MR) is 106 cm³/mol. The Labute approximate surface area is 164 Å². The summed E-state index contributed by atoms with van der Waals surface area (Å²) in [5.74, 6) is 0.281. The lowest BCUT2D eigenvalue weighted by atomic mass is 10.2. The molecule has 0 aliphatic carbocycles. The van der Waals surface area contributed by atoms with E-state index in [0.29, 0.717) is 28.9 Å². The second-order valence-corrected chi connectivity index (χ2v) is 6.54. The number of hydrogen-bond acceptors (Lipinski definition) is 5. The van der Waals surface area contributed by atoms with Crippen LogP contribution in [0.25, 0.3) is 5.78 Å². The van der Waals surface area contributed by atoms with Gasteiger partial charge in [-0.1, -0.05) is 35.9 Å². The van der Waals surface area contributed by atoms with Crippen LogP contribution < -0.4 is 16.2 Å². The molecule has 2 heterocycles. The van der Waals surface area contributed by atoms with Crippen molar-refractivity contribution in [2.75, 3.05) is 10.6 Å². The molecule has 142 valence electrons. The van der Waals surface area contributed by atoms with Crippen LogP contribution in [0.2, 0.25) is 5.02 Å². The van der Waals surface area contributed by atoms with Gasteiger partial charge in [0.1, 0.15) is 5.82 Å². The fraction of sp³-hybridized carbons (Fsp3) is 0.105. The number of nitrogens with zero attached hydrogens (tertiary/aromatic N) is 3. The summed E-state index contributed by atoms with van der Waals surface area (Å²) in [6.45, 7) is 0.709. The number of para-hydroxylation sites is 1. The van der Waals surface area contributed by atoms with Crippen LogP contribution in [0, 0.1) is 5.82 Å². The highest BCUT2D eigenvalue weighted by Crippen LogP contribution is 2.14. The van der Waals surface area contributed by atoms with Crippen molar-refractivity contribution in [3.05, 3.63) is 87.0 Å². The van der Waals surface area contributed by atoms with Crippen LogP contribution in [-0.4, -0.2) is 19.6 Å². The van der Waals surface area contributed by atoms with Gasteiger partial charge in [-0.15, -0.1) is 0 Å². The summed E-state index contributed by atoms with van der Waals surface area (Å²) >= 11 is 5.88. The van der Waals surface area contributed by atoms with E-state index in [1.165, 1.54) is 16.6 Å². The van der Waals surface area contributed by atoms with Crippen molar-refractivity contribution < 1.29 is 4.39 Å². The van der Waals surface area contributed by atoms with E-state index in [1.54, 1.807) is 30.3 Å². The first kappa shape index (κ1) is 18.0. The molecule has 0 spiro atoms. The second kappa shape index (κ2) is 7.69. The van der Waals surface area contributed by atoms with Gasteiger partial charge in [-0.2, -0.15) is 9.50 Å². The Kier molecular flexibility index (Phi) is 4.94. The van der Waals surface area contributed by atoms with Crippen LogP contribution in [0.4, 0.5) is 16.0 Å². The fourth-order valence-corrected chi connectivity index (χ4v) is 2.80. The maximum atomic E-state index is 13.7. The predicted octanol–water partition coefficient (Wildman–Crippen LogP) is 3.43. The fourth-order valence-electron chi connectivity index (χ4n) is 2.68. The number of benzene rings is 2. The minimum absolute atomic E-state index is 0.201.